The highest BCUT2D eigenvalue weighted by Crippen LogP contribution is 2.26. The van der Waals surface area contributed by atoms with Crippen LogP contribution in [-0.2, 0) is 17.8 Å². The summed E-state index contributed by atoms with van der Waals surface area (Å²) >= 11 is 0. The Morgan fingerprint density at radius 1 is 0.909 bits per heavy atom. The van der Waals surface area contributed by atoms with Gasteiger partial charge in [-0.15, -0.1) is 0 Å². The average molecular weight is 439 g/mol. The van der Waals surface area contributed by atoms with Gasteiger partial charge in [0.1, 0.15) is 11.6 Å². The Kier molecular flexibility index (Phi) is 7.30. The Bertz CT molecular complexity index is 1190. The van der Waals surface area contributed by atoms with Crippen molar-refractivity contribution in [2.24, 2.45) is 0 Å². The molecule has 3 aromatic carbocycles. The zero-order chi connectivity index (χ0) is 23.0. The fourth-order valence-electron chi connectivity index (χ4n) is 3.94. The first kappa shape index (κ1) is 22.5. The fourth-order valence-corrected chi connectivity index (χ4v) is 3.94. The summed E-state index contributed by atoms with van der Waals surface area (Å²) in [4.78, 5) is 24.6. The van der Waals surface area contributed by atoms with E-state index in [0.717, 1.165) is 34.5 Å². The minimum atomic E-state index is -0.0344. The zero-order valence-corrected chi connectivity index (χ0v) is 19.2. The van der Waals surface area contributed by atoms with Crippen LogP contribution in [-0.4, -0.2) is 22.4 Å². The van der Waals surface area contributed by atoms with Gasteiger partial charge in [0.2, 0.25) is 5.91 Å². The first-order chi connectivity index (χ1) is 16.1. The van der Waals surface area contributed by atoms with Gasteiger partial charge in [-0.2, -0.15) is 0 Å². The summed E-state index contributed by atoms with van der Waals surface area (Å²) in [5.41, 5.74) is 3.21. The molecule has 0 aliphatic heterocycles. The van der Waals surface area contributed by atoms with Gasteiger partial charge in [-0.1, -0.05) is 79.7 Å². The lowest BCUT2D eigenvalue weighted by Gasteiger charge is -2.26. The first-order valence-electron chi connectivity index (χ1n) is 11.5. The van der Waals surface area contributed by atoms with Crippen molar-refractivity contribution in [2.45, 2.75) is 39.3 Å². The van der Waals surface area contributed by atoms with Crippen LogP contribution in [0.15, 0.2) is 84.9 Å². The predicted molar refractivity (Wildman–Crippen MR) is 134 cm³/mol. The topological polar surface area (TPSA) is 58.1 Å². The van der Waals surface area contributed by atoms with Gasteiger partial charge in [-0.25, -0.2) is 9.97 Å². The van der Waals surface area contributed by atoms with Crippen LogP contribution in [0.3, 0.4) is 0 Å². The second-order valence-corrected chi connectivity index (χ2v) is 8.19. The lowest BCUT2D eigenvalue weighted by Crippen LogP contribution is -2.32. The molecule has 1 aromatic heterocycles. The van der Waals surface area contributed by atoms with Crippen LogP contribution in [0.1, 0.15) is 43.3 Å². The quantitative estimate of drug-likeness (QED) is 0.377. The van der Waals surface area contributed by atoms with Crippen LogP contribution in [0.2, 0.25) is 0 Å². The molecule has 5 heteroatoms. The molecule has 1 amide bonds. The van der Waals surface area contributed by atoms with Gasteiger partial charge >= 0.3 is 0 Å². The number of nitrogens with one attached hydrogen (secondary N) is 1. The normalized spacial score (nSPS) is 11.8. The van der Waals surface area contributed by atoms with Gasteiger partial charge in [0.15, 0.2) is 0 Å². The maximum Gasteiger partial charge on any atom is 0.222 e. The molecule has 168 valence electrons. The number of aryl methyl sites for hydroxylation is 1. The van der Waals surface area contributed by atoms with Crippen LogP contribution in [0, 0.1) is 0 Å². The monoisotopic (exact) mass is 438 g/mol. The molecule has 0 unspecified atom stereocenters. The van der Waals surface area contributed by atoms with Crippen molar-refractivity contribution in [3.05, 3.63) is 102 Å². The molecule has 33 heavy (non-hydrogen) atoms. The van der Waals surface area contributed by atoms with E-state index in [1.54, 1.807) is 0 Å². The lowest BCUT2D eigenvalue weighted by atomic mass is 10.1. The minimum absolute atomic E-state index is 0.0264. The van der Waals surface area contributed by atoms with E-state index >= 15 is 0 Å². The summed E-state index contributed by atoms with van der Waals surface area (Å²) in [5.74, 6) is 1.72. The van der Waals surface area contributed by atoms with Crippen LogP contribution in [0.5, 0.6) is 0 Å². The number of hydrogen-bond donors (Lipinski definition) is 1. The van der Waals surface area contributed by atoms with Crippen molar-refractivity contribution >= 4 is 22.6 Å². The molecule has 4 rings (SSSR count). The zero-order valence-electron chi connectivity index (χ0n) is 19.2. The largest absolute Gasteiger partial charge is 0.351 e. The third-order valence-electron chi connectivity index (χ3n) is 5.75. The number of anilines is 1. The predicted octanol–water partition coefficient (Wildman–Crippen LogP) is 5.47. The third kappa shape index (κ3) is 5.75. The van der Waals surface area contributed by atoms with E-state index in [1.165, 1.54) is 5.56 Å². The Balaban J connectivity index is 1.57. The maximum absolute atomic E-state index is 12.8. The summed E-state index contributed by atoms with van der Waals surface area (Å²) in [6, 6.07) is 28.4. The highest BCUT2D eigenvalue weighted by atomic mass is 16.1. The smallest absolute Gasteiger partial charge is 0.222 e. The van der Waals surface area contributed by atoms with Crippen molar-refractivity contribution in [1.29, 1.82) is 0 Å². The number of rotatable bonds is 9. The Hall–Kier alpha value is -3.73. The molecule has 5 nitrogen and oxygen atoms in total. The van der Waals surface area contributed by atoms with Gasteiger partial charge in [-0.05, 0) is 30.2 Å². The number of benzene rings is 3. The van der Waals surface area contributed by atoms with Crippen molar-refractivity contribution in [3.63, 3.8) is 0 Å². The molecule has 0 saturated heterocycles. The Morgan fingerprint density at radius 2 is 1.58 bits per heavy atom. The molecular weight excluding hydrogens is 408 g/mol. The van der Waals surface area contributed by atoms with E-state index in [-0.39, 0.29) is 11.9 Å². The van der Waals surface area contributed by atoms with Gasteiger partial charge in [0.25, 0.3) is 0 Å². The number of nitrogens with zero attached hydrogens (tertiary/aromatic N) is 3. The molecular formula is C28H30N4O. The average Bonchev–Trinajstić information content (AvgIpc) is 2.87. The van der Waals surface area contributed by atoms with E-state index < -0.39 is 0 Å². The molecule has 0 fully saturated rings. The lowest BCUT2D eigenvalue weighted by molar-refractivity contribution is -0.121. The molecule has 0 aliphatic carbocycles. The highest BCUT2D eigenvalue weighted by Gasteiger charge is 2.17. The highest BCUT2D eigenvalue weighted by molar-refractivity contribution is 5.89. The Morgan fingerprint density at radius 3 is 2.30 bits per heavy atom. The van der Waals surface area contributed by atoms with E-state index in [4.69, 9.17) is 9.97 Å². The molecule has 0 bridgehead atoms. The number of para-hydroxylation sites is 1. The summed E-state index contributed by atoms with van der Waals surface area (Å²) < 4.78 is 0. The minimum Gasteiger partial charge on any atom is -0.351 e. The number of amides is 1. The second-order valence-electron chi connectivity index (χ2n) is 8.19. The van der Waals surface area contributed by atoms with E-state index in [2.05, 4.69) is 35.3 Å². The number of hydrogen-bond acceptors (Lipinski definition) is 4. The van der Waals surface area contributed by atoms with Crippen LogP contribution < -0.4 is 10.2 Å². The van der Waals surface area contributed by atoms with E-state index in [1.807, 2.05) is 73.7 Å². The van der Waals surface area contributed by atoms with Gasteiger partial charge in [-0.3, -0.25) is 4.79 Å². The summed E-state index contributed by atoms with van der Waals surface area (Å²) in [5, 5.41) is 4.13. The van der Waals surface area contributed by atoms with Crippen LogP contribution in [0.4, 0.5) is 5.82 Å². The molecule has 0 aliphatic rings. The summed E-state index contributed by atoms with van der Waals surface area (Å²) in [7, 11) is 0. The van der Waals surface area contributed by atoms with Crippen molar-refractivity contribution in [2.75, 3.05) is 11.4 Å². The Labute approximate surface area is 195 Å². The van der Waals surface area contributed by atoms with Crippen LogP contribution in [0.25, 0.3) is 10.9 Å². The molecule has 1 atom stereocenters. The van der Waals surface area contributed by atoms with Gasteiger partial charge in [0, 0.05) is 31.3 Å². The molecule has 1 heterocycles. The second kappa shape index (κ2) is 10.7. The van der Waals surface area contributed by atoms with Crippen LogP contribution >= 0.6 is 0 Å². The van der Waals surface area contributed by atoms with E-state index in [9.17, 15) is 4.79 Å². The van der Waals surface area contributed by atoms with Gasteiger partial charge < -0.3 is 10.2 Å². The first-order valence-corrected chi connectivity index (χ1v) is 11.5. The third-order valence-corrected chi connectivity index (χ3v) is 5.75. The number of carbonyl (C=O) groups excluding carboxylic acids is 1. The fraction of sp³-hybridized carbons (Fsp3) is 0.250. The van der Waals surface area contributed by atoms with Crippen molar-refractivity contribution in [1.82, 2.24) is 15.3 Å². The maximum atomic E-state index is 12.8. The van der Waals surface area contributed by atoms with Crippen molar-refractivity contribution < 1.29 is 4.79 Å². The van der Waals surface area contributed by atoms with E-state index in [0.29, 0.717) is 19.5 Å². The van der Waals surface area contributed by atoms with Crippen molar-refractivity contribution in [3.8, 4) is 0 Å². The molecule has 0 radical (unpaired) electrons. The SMILES string of the molecule is CCc1nc(N(CCC(=O)N[C@H](C)c2ccccc2)Cc2ccccc2)c2ccccc2n1. The molecule has 0 saturated carbocycles. The molecule has 0 spiro atoms. The number of aromatic nitrogens is 2. The molecule has 4 aromatic rings. The van der Waals surface area contributed by atoms with Gasteiger partial charge in [0.05, 0.1) is 11.6 Å². The summed E-state index contributed by atoms with van der Waals surface area (Å²) in [6.07, 6.45) is 1.13. The molecule has 1 N–H and O–H groups in total. The summed E-state index contributed by atoms with van der Waals surface area (Å²) in [6.45, 7) is 5.31. The number of fused-ring (bicyclic) bond motifs is 1. The standard InChI is InChI=1S/C28H30N4O/c1-3-26-30-25-17-11-10-16-24(25)28(31-26)32(20-22-12-6-4-7-13-22)19-18-27(33)29-21(2)23-14-8-5-9-15-23/h4-17,21H,3,18-20H2,1-2H3,(H,29,33)/t21-/m1/s1. The number of carbonyl (C=O) groups is 1.